The second kappa shape index (κ2) is 6.93. The standard InChI is InChI=1S/C7H10BNO5/c1-13-7(12)5(9-4-14-8)2-3-6(10)11/h4-5H,2-3H2,1H3,(H,10,11)/t5-/m0/s1. The summed E-state index contributed by atoms with van der Waals surface area (Å²) < 4.78 is 8.43. The number of hydrogen-bond donors (Lipinski definition) is 1. The van der Waals surface area contributed by atoms with Gasteiger partial charge in [-0.05, 0) is 6.42 Å². The van der Waals surface area contributed by atoms with E-state index >= 15 is 0 Å². The quantitative estimate of drug-likeness (QED) is 0.270. The predicted octanol–water partition coefficient (Wildman–Crippen LogP) is -0.479. The number of carboxylic acids is 1. The van der Waals surface area contributed by atoms with Crippen molar-refractivity contribution in [2.45, 2.75) is 18.9 Å². The summed E-state index contributed by atoms with van der Waals surface area (Å²) in [5.41, 5.74) is 0. The molecule has 76 valence electrons. The van der Waals surface area contributed by atoms with Crippen LogP contribution in [-0.2, 0) is 19.0 Å². The molecule has 0 unspecified atom stereocenters. The molecule has 0 heterocycles. The number of carboxylic acid groups (broad SMARTS) is 1. The average molecular weight is 199 g/mol. The van der Waals surface area contributed by atoms with Gasteiger partial charge in [0.25, 0.3) is 0 Å². The summed E-state index contributed by atoms with van der Waals surface area (Å²) in [6, 6.07) is -0.889. The number of carbonyl (C=O) groups is 2. The van der Waals surface area contributed by atoms with Gasteiger partial charge >= 0.3 is 20.0 Å². The number of methoxy groups -OCH3 is 1. The molecule has 0 amide bonds. The van der Waals surface area contributed by atoms with Crippen LogP contribution in [0.4, 0.5) is 0 Å². The zero-order valence-corrected chi connectivity index (χ0v) is 7.67. The van der Waals surface area contributed by atoms with Gasteiger partial charge in [0.05, 0.1) is 7.11 Å². The second-order valence-electron chi connectivity index (χ2n) is 2.36. The third-order valence-corrected chi connectivity index (χ3v) is 1.41. The fraction of sp³-hybridized carbons (Fsp3) is 0.571. The van der Waals surface area contributed by atoms with Gasteiger partial charge in [-0.25, -0.2) is 9.79 Å². The Morgan fingerprint density at radius 2 is 2.29 bits per heavy atom. The average Bonchev–Trinajstić information content (AvgIpc) is 2.16. The first-order valence-corrected chi connectivity index (χ1v) is 3.78. The van der Waals surface area contributed by atoms with E-state index in [1.165, 1.54) is 7.11 Å². The molecule has 0 saturated heterocycles. The maximum atomic E-state index is 11.0. The van der Waals surface area contributed by atoms with Crippen molar-refractivity contribution in [3.63, 3.8) is 0 Å². The highest BCUT2D eigenvalue weighted by atomic mass is 16.5. The Balaban J connectivity index is 4.17. The Hall–Kier alpha value is -1.53. The van der Waals surface area contributed by atoms with Gasteiger partial charge in [0.2, 0.25) is 0 Å². The zero-order valence-electron chi connectivity index (χ0n) is 7.67. The fourth-order valence-electron chi connectivity index (χ4n) is 0.758. The van der Waals surface area contributed by atoms with Gasteiger partial charge in [-0.3, -0.25) is 4.79 Å². The molecule has 2 radical (unpaired) electrons. The van der Waals surface area contributed by atoms with Crippen LogP contribution in [0, 0.1) is 0 Å². The van der Waals surface area contributed by atoms with Crippen LogP contribution >= 0.6 is 0 Å². The monoisotopic (exact) mass is 199 g/mol. The minimum absolute atomic E-state index is 0.0435. The van der Waals surface area contributed by atoms with Gasteiger partial charge in [0.15, 0.2) is 12.4 Å². The highest BCUT2D eigenvalue weighted by Crippen LogP contribution is 2.03. The predicted molar refractivity (Wildman–Crippen MR) is 48.0 cm³/mol. The molecule has 0 aliphatic carbocycles. The van der Waals surface area contributed by atoms with E-state index in [1.54, 1.807) is 0 Å². The number of hydrogen-bond acceptors (Lipinski definition) is 5. The van der Waals surface area contributed by atoms with Crippen LogP contribution in [-0.4, -0.2) is 44.6 Å². The lowest BCUT2D eigenvalue weighted by Crippen LogP contribution is -2.21. The molecule has 0 saturated carbocycles. The Morgan fingerprint density at radius 1 is 1.64 bits per heavy atom. The van der Waals surface area contributed by atoms with Gasteiger partial charge in [-0.15, -0.1) is 0 Å². The minimum Gasteiger partial charge on any atom is -0.560 e. The topological polar surface area (TPSA) is 85.2 Å². The molecule has 0 aromatic carbocycles. The molecule has 7 heteroatoms. The third kappa shape index (κ3) is 5.18. The van der Waals surface area contributed by atoms with Crippen LogP contribution < -0.4 is 0 Å². The first-order valence-electron chi connectivity index (χ1n) is 3.78. The summed E-state index contributed by atoms with van der Waals surface area (Å²) in [4.78, 5) is 24.8. The van der Waals surface area contributed by atoms with E-state index in [-0.39, 0.29) is 12.8 Å². The van der Waals surface area contributed by atoms with Crippen molar-refractivity contribution in [3.8, 4) is 0 Å². The molecule has 0 aromatic rings. The smallest absolute Gasteiger partial charge is 0.375 e. The summed E-state index contributed by atoms with van der Waals surface area (Å²) in [5, 5.41) is 8.38. The largest absolute Gasteiger partial charge is 0.560 e. The number of carbonyl (C=O) groups excluding carboxylic acids is 1. The zero-order chi connectivity index (χ0) is 11.0. The van der Waals surface area contributed by atoms with Gasteiger partial charge in [0, 0.05) is 6.42 Å². The molecule has 6 nitrogen and oxygen atoms in total. The normalized spacial score (nSPS) is 12.4. The lowest BCUT2D eigenvalue weighted by Gasteiger charge is -2.07. The molecule has 1 atom stereocenters. The fourth-order valence-corrected chi connectivity index (χ4v) is 0.758. The van der Waals surface area contributed by atoms with Crippen molar-refractivity contribution in [3.05, 3.63) is 0 Å². The molecule has 0 bridgehead atoms. The lowest BCUT2D eigenvalue weighted by molar-refractivity contribution is -0.142. The van der Waals surface area contributed by atoms with E-state index in [2.05, 4.69) is 22.4 Å². The van der Waals surface area contributed by atoms with E-state index in [1.807, 2.05) is 0 Å². The summed E-state index contributed by atoms with van der Waals surface area (Å²) in [6.45, 7) is 0. The molecule has 0 aliphatic rings. The molecular formula is C7H10BNO5. The summed E-state index contributed by atoms with van der Waals surface area (Å²) >= 11 is 0. The van der Waals surface area contributed by atoms with Gasteiger partial charge < -0.3 is 14.5 Å². The van der Waals surface area contributed by atoms with Crippen LogP contribution in [0.5, 0.6) is 0 Å². The summed E-state index contributed by atoms with van der Waals surface area (Å²) in [5.74, 6) is -1.64. The van der Waals surface area contributed by atoms with Crippen LogP contribution in [0.3, 0.4) is 0 Å². The Labute approximate surface area is 82.4 Å². The van der Waals surface area contributed by atoms with Crippen molar-refractivity contribution in [2.75, 3.05) is 7.11 Å². The molecule has 1 N–H and O–H groups in total. The van der Waals surface area contributed by atoms with Gasteiger partial charge in [-0.1, -0.05) is 0 Å². The first-order chi connectivity index (χ1) is 6.61. The Bertz CT molecular complexity index is 230. The molecule has 0 rings (SSSR count). The van der Waals surface area contributed by atoms with Crippen LogP contribution in [0.2, 0.25) is 0 Å². The van der Waals surface area contributed by atoms with Gasteiger partial charge in [-0.2, -0.15) is 0 Å². The van der Waals surface area contributed by atoms with E-state index < -0.39 is 18.0 Å². The van der Waals surface area contributed by atoms with Crippen LogP contribution in [0.15, 0.2) is 4.99 Å². The summed E-state index contributed by atoms with van der Waals surface area (Å²) in [6.07, 6.45) is 0.729. The molecule has 0 spiro atoms. The van der Waals surface area contributed by atoms with Crippen molar-refractivity contribution in [1.82, 2.24) is 0 Å². The third-order valence-electron chi connectivity index (χ3n) is 1.41. The minimum atomic E-state index is -1.01. The maximum absolute atomic E-state index is 11.0. The number of aliphatic imine (C=N–C) groups is 1. The van der Waals surface area contributed by atoms with Crippen LogP contribution in [0.25, 0.3) is 0 Å². The SMILES string of the molecule is [B]OC=N[C@@H](CCC(=O)O)C(=O)OC. The van der Waals surface area contributed by atoms with E-state index in [9.17, 15) is 9.59 Å². The molecule has 0 aliphatic heterocycles. The molecule has 14 heavy (non-hydrogen) atoms. The molecule has 0 fully saturated rings. The summed E-state index contributed by atoms with van der Waals surface area (Å²) in [7, 11) is 5.85. The van der Waals surface area contributed by atoms with Crippen molar-refractivity contribution in [2.24, 2.45) is 4.99 Å². The number of aliphatic carboxylic acids is 1. The number of rotatable bonds is 6. The first kappa shape index (κ1) is 12.5. The Kier molecular flexibility index (Phi) is 6.18. The molecule has 0 aromatic heterocycles. The highest BCUT2D eigenvalue weighted by Gasteiger charge is 2.18. The number of nitrogens with zero attached hydrogens (tertiary/aromatic N) is 1. The van der Waals surface area contributed by atoms with E-state index in [0.29, 0.717) is 0 Å². The van der Waals surface area contributed by atoms with E-state index in [4.69, 9.17) is 5.11 Å². The number of ether oxygens (including phenoxy) is 1. The number of esters is 1. The lowest BCUT2D eigenvalue weighted by atomic mass is 10.2. The highest BCUT2D eigenvalue weighted by molar-refractivity contribution is 6.02. The second-order valence-corrected chi connectivity index (χ2v) is 2.36. The van der Waals surface area contributed by atoms with Crippen molar-refractivity contribution < 1.29 is 24.1 Å². The van der Waals surface area contributed by atoms with Crippen LogP contribution in [0.1, 0.15) is 12.8 Å². The Morgan fingerprint density at radius 3 is 2.71 bits per heavy atom. The van der Waals surface area contributed by atoms with Crippen molar-refractivity contribution >= 4 is 26.4 Å². The molecular weight excluding hydrogens is 189 g/mol. The van der Waals surface area contributed by atoms with Gasteiger partial charge in [0.1, 0.15) is 0 Å². The van der Waals surface area contributed by atoms with Crippen molar-refractivity contribution in [1.29, 1.82) is 0 Å². The van der Waals surface area contributed by atoms with E-state index in [0.717, 1.165) is 6.40 Å². The maximum Gasteiger partial charge on any atom is 0.375 e.